The van der Waals surface area contributed by atoms with Crippen molar-refractivity contribution in [2.45, 2.75) is 59.5 Å². The van der Waals surface area contributed by atoms with Gasteiger partial charge < -0.3 is 10.4 Å². The Morgan fingerprint density at radius 3 is 2.52 bits per heavy atom. The topological polar surface area (TPSA) is 67.2 Å². The SMILES string of the molecule is CCC(CO)NC(=O)CCc1c(C)nn(Cc2ccc(C)cc2)c1C. The fraction of sp³-hybridized carbons (Fsp3) is 0.500. The van der Waals surface area contributed by atoms with Crippen LogP contribution in [0.5, 0.6) is 0 Å². The molecular weight excluding hydrogens is 314 g/mol. The van der Waals surface area contributed by atoms with Crippen molar-refractivity contribution in [2.75, 3.05) is 6.61 Å². The van der Waals surface area contributed by atoms with E-state index in [1.807, 2.05) is 18.5 Å². The average molecular weight is 343 g/mol. The molecule has 2 rings (SSSR count). The highest BCUT2D eigenvalue weighted by Gasteiger charge is 2.15. The number of amides is 1. The van der Waals surface area contributed by atoms with Crippen molar-refractivity contribution < 1.29 is 9.90 Å². The Balaban J connectivity index is 2.01. The van der Waals surface area contributed by atoms with Gasteiger partial charge in [0.2, 0.25) is 5.91 Å². The third kappa shape index (κ3) is 5.16. The first-order valence-electron chi connectivity index (χ1n) is 8.93. The van der Waals surface area contributed by atoms with E-state index in [1.165, 1.54) is 11.1 Å². The standard InChI is InChI=1S/C20H29N3O2/c1-5-18(13-24)21-20(25)11-10-19-15(3)22-23(16(19)4)12-17-8-6-14(2)7-9-17/h6-9,18,24H,5,10-13H2,1-4H3,(H,21,25). The van der Waals surface area contributed by atoms with Crippen LogP contribution in [0.15, 0.2) is 24.3 Å². The summed E-state index contributed by atoms with van der Waals surface area (Å²) in [5, 5.41) is 16.7. The minimum atomic E-state index is -0.154. The summed E-state index contributed by atoms with van der Waals surface area (Å²) in [4.78, 5) is 12.0. The highest BCUT2D eigenvalue weighted by Crippen LogP contribution is 2.17. The molecule has 1 aromatic carbocycles. The van der Waals surface area contributed by atoms with Crippen molar-refractivity contribution in [3.8, 4) is 0 Å². The van der Waals surface area contributed by atoms with Crippen LogP contribution in [-0.2, 0) is 17.8 Å². The Kier molecular flexibility index (Phi) is 6.76. The van der Waals surface area contributed by atoms with E-state index in [9.17, 15) is 9.90 Å². The number of carbonyl (C=O) groups is 1. The van der Waals surface area contributed by atoms with Crippen LogP contribution in [-0.4, -0.2) is 33.4 Å². The molecule has 1 atom stereocenters. The minimum Gasteiger partial charge on any atom is -0.394 e. The van der Waals surface area contributed by atoms with Crippen molar-refractivity contribution in [3.05, 3.63) is 52.3 Å². The molecule has 1 unspecified atom stereocenters. The Hall–Kier alpha value is -2.14. The van der Waals surface area contributed by atoms with Gasteiger partial charge in [0.05, 0.1) is 24.9 Å². The van der Waals surface area contributed by atoms with Crippen LogP contribution in [0.2, 0.25) is 0 Å². The lowest BCUT2D eigenvalue weighted by molar-refractivity contribution is -0.122. The molecule has 5 heteroatoms. The van der Waals surface area contributed by atoms with Crippen molar-refractivity contribution in [1.82, 2.24) is 15.1 Å². The van der Waals surface area contributed by atoms with Gasteiger partial charge in [-0.25, -0.2) is 0 Å². The summed E-state index contributed by atoms with van der Waals surface area (Å²) in [6, 6.07) is 8.31. The molecule has 5 nitrogen and oxygen atoms in total. The molecule has 1 amide bonds. The number of carbonyl (C=O) groups excluding carboxylic acids is 1. The molecule has 0 aliphatic heterocycles. The predicted octanol–water partition coefficient (Wildman–Crippen LogP) is 2.68. The van der Waals surface area contributed by atoms with Crippen molar-refractivity contribution in [1.29, 1.82) is 0 Å². The molecule has 2 aromatic rings. The number of hydrogen-bond acceptors (Lipinski definition) is 3. The Morgan fingerprint density at radius 2 is 1.92 bits per heavy atom. The zero-order chi connectivity index (χ0) is 18.4. The number of aliphatic hydroxyl groups excluding tert-OH is 1. The van der Waals surface area contributed by atoms with Gasteiger partial charge in [-0.1, -0.05) is 36.8 Å². The molecular formula is C20H29N3O2. The van der Waals surface area contributed by atoms with Gasteiger partial charge in [0, 0.05) is 12.1 Å². The Bertz CT molecular complexity index is 700. The number of nitrogens with zero attached hydrogens (tertiary/aromatic N) is 2. The lowest BCUT2D eigenvalue weighted by Crippen LogP contribution is -2.37. The van der Waals surface area contributed by atoms with Gasteiger partial charge in [-0.3, -0.25) is 9.48 Å². The molecule has 25 heavy (non-hydrogen) atoms. The molecule has 0 aliphatic rings. The molecule has 0 saturated heterocycles. The first-order valence-corrected chi connectivity index (χ1v) is 8.93. The maximum atomic E-state index is 12.0. The summed E-state index contributed by atoms with van der Waals surface area (Å²) in [5.74, 6) is -0.0222. The van der Waals surface area contributed by atoms with Crippen LogP contribution in [0.1, 0.15) is 47.8 Å². The van der Waals surface area contributed by atoms with Gasteiger partial charge in [0.15, 0.2) is 0 Å². The van der Waals surface area contributed by atoms with Crippen LogP contribution in [0.3, 0.4) is 0 Å². The van der Waals surface area contributed by atoms with Gasteiger partial charge in [0.1, 0.15) is 0 Å². The molecule has 2 N–H and O–H groups in total. The van der Waals surface area contributed by atoms with E-state index in [0.717, 1.165) is 29.9 Å². The molecule has 0 spiro atoms. The molecule has 0 bridgehead atoms. The number of benzene rings is 1. The van der Waals surface area contributed by atoms with Crippen LogP contribution >= 0.6 is 0 Å². The smallest absolute Gasteiger partial charge is 0.220 e. The van der Waals surface area contributed by atoms with E-state index in [4.69, 9.17) is 0 Å². The van der Waals surface area contributed by atoms with Crippen LogP contribution in [0.25, 0.3) is 0 Å². The van der Waals surface area contributed by atoms with E-state index in [0.29, 0.717) is 12.8 Å². The monoisotopic (exact) mass is 343 g/mol. The first-order chi connectivity index (χ1) is 11.9. The van der Waals surface area contributed by atoms with Gasteiger partial charge in [-0.15, -0.1) is 0 Å². The van der Waals surface area contributed by atoms with E-state index in [1.54, 1.807) is 0 Å². The largest absolute Gasteiger partial charge is 0.394 e. The lowest BCUT2D eigenvalue weighted by atomic mass is 10.1. The van der Waals surface area contributed by atoms with Gasteiger partial charge in [-0.05, 0) is 44.7 Å². The average Bonchev–Trinajstić information content (AvgIpc) is 2.86. The number of nitrogens with one attached hydrogen (secondary N) is 1. The first kappa shape index (κ1) is 19.2. The van der Waals surface area contributed by atoms with Gasteiger partial charge in [0.25, 0.3) is 0 Å². The number of rotatable bonds is 8. The summed E-state index contributed by atoms with van der Waals surface area (Å²) < 4.78 is 2.01. The van der Waals surface area contributed by atoms with Crippen molar-refractivity contribution in [2.24, 2.45) is 0 Å². The normalized spacial score (nSPS) is 12.2. The highest BCUT2D eigenvalue weighted by atomic mass is 16.3. The second kappa shape index (κ2) is 8.81. The third-order valence-corrected chi connectivity index (χ3v) is 4.66. The zero-order valence-corrected chi connectivity index (χ0v) is 15.7. The number of hydrogen-bond donors (Lipinski definition) is 2. The Labute approximate surface area is 150 Å². The van der Waals surface area contributed by atoms with Crippen LogP contribution in [0.4, 0.5) is 0 Å². The molecule has 1 heterocycles. The van der Waals surface area contributed by atoms with E-state index in [2.05, 4.69) is 48.5 Å². The molecule has 0 radical (unpaired) electrons. The van der Waals surface area contributed by atoms with Crippen LogP contribution < -0.4 is 5.32 Å². The van der Waals surface area contributed by atoms with Crippen molar-refractivity contribution in [3.63, 3.8) is 0 Å². The summed E-state index contributed by atoms with van der Waals surface area (Å²) in [6.07, 6.45) is 1.81. The van der Waals surface area contributed by atoms with Crippen LogP contribution in [0, 0.1) is 20.8 Å². The summed E-state index contributed by atoms with van der Waals surface area (Å²) >= 11 is 0. The molecule has 0 fully saturated rings. The van der Waals surface area contributed by atoms with Crippen molar-refractivity contribution >= 4 is 5.91 Å². The van der Waals surface area contributed by atoms with E-state index >= 15 is 0 Å². The highest BCUT2D eigenvalue weighted by molar-refractivity contribution is 5.76. The molecule has 0 aliphatic carbocycles. The second-order valence-corrected chi connectivity index (χ2v) is 6.65. The number of aromatic nitrogens is 2. The van der Waals surface area contributed by atoms with Gasteiger partial charge in [-0.2, -0.15) is 5.10 Å². The molecule has 136 valence electrons. The zero-order valence-electron chi connectivity index (χ0n) is 15.7. The molecule has 1 aromatic heterocycles. The predicted molar refractivity (Wildman–Crippen MR) is 99.6 cm³/mol. The third-order valence-electron chi connectivity index (χ3n) is 4.66. The molecule has 0 saturated carbocycles. The maximum absolute atomic E-state index is 12.0. The summed E-state index contributed by atoms with van der Waals surface area (Å²) in [7, 11) is 0. The van der Waals surface area contributed by atoms with Gasteiger partial charge >= 0.3 is 0 Å². The second-order valence-electron chi connectivity index (χ2n) is 6.65. The fourth-order valence-electron chi connectivity index (χ4n) is 2.93. The summed E-state index contributed by atoms with van der Waals surface area (Å²) in [5.41, 5.74) is 5.69. The van der Waals surface area contributed by atoms with E-state index < -0.39 is 0 Å². The number of aryl methyl sites for hydroxylation is 2. The van der Waals surface area contributed by atoms with E-state index in [-0.39, 0.29) is 18.6 Å². The minimum absolute atomic E-state index is 0.0191. The fourth-order valence-corrected chi connectivity index (χ4v) is 2.93. The summed E-state index contributed by atoms with van der Waals surface area (Å²) in [6.45, 7) is 8.80. The number of aliphatic hydroxyl groups is 1. The maximum Gasteiger partial charge on any atom is 0.220 e. The quantitative estimate of drug-likeness (QED) is 0.774. The lowest BCUT2D eigenvalue weighted by Gasteiger charge is -2.13. The Morgan fingerprint density at radius 1 is 1.24 bits per heavy atom.